The van der Waals surface area contributed by atoms with Crippen LogP contribution in [0.4, 0.5) is 0 Å². The van der Waals surface area contributed by atoms with Gasteiger partial charge in [0.05, 0.1) is 0 Å². The zero-order valence-electron chi connectivity index (χ0n) is 3.04. The molecule has 4 nitrogen and oxygen atoms in total. The summed E-state index contributed by atoms with van der Waals surface area (Å²) in [6, 6.07) is 0. The average Bonchev–Trinajstić information content (AvgIpc) is 0.722. The predicted molar refractivity (Wildman–Crippen MR) is 5.75 cm³/mol. The Morgan fingerprint density at radius 1 is 0.857 bits per heavy atom. The van der Waals surface area contributed by atoms with E-state index in [9.17, 15) is 0 Å². The molecule has 0 amide bonds. The van der Waals surface area contributed by atoms with Crippen LogP contribution in [0.3, 0.4) is 0 Å². The van der Waals surface area contributed by atoms with E-state index in [-0.39, 0.29) is 71.3 Å². The second kappa shape index (κ2) is 6.56. The second-order valence-electron chi connectivity index (χ2n) is 0.500. The fourth-order valence-corrected chi connectivity index (χ4v) is 0. The minimum Gasteiger partial charge on any atom is -0.894 e. The molecular formula is O4SiTbY+2. The molecule has 38 valence electrons. The van der Waals surface area contributed by atoms with Crippen molar-refractivity contribution in [2.45, 2.75) is 0 Å². The van der Waals surface area contributed by atoms with Gasteiger partial charge in [0, 0.05) is 0 Å². The van der Waals surface area contributed by atoms with Crippen molar-refractivity contribution in [2.75, 3.05) is 0 Å². The normalized spacial score (nSPS) is 8.57. The van der Waals surface area contributed by atoms with E-state index >= 15 is 0 Å². The maximum Gasteiger partial charge on any atom is 3.00 e. The summed E-state index contributed by atoms with van der Waals surface area (Å²) in [5.74, 6) is 0. The van der Waals surface area contributed by atoms with Crippen LogP contribution in [0.1, 0.15) is 0 Å². The molecule has 0 saturated heterocycles. The largest absolute Gasteiger partial charge is 3.00 e. The van der Waals surface area contributed by atoms with Crippen molar-refractivity contribution in [2.24, 2.45) is 0 Å². The van der Waals surface area contributed by atoms with Crippen LogP contribution in [0.25, 0.3) is 0 Å². The number of hydrogen-bond acceptors (Lipinski definition) is 4. The van der Waals surface area contributed by atoms with E-state index in [1.54, 1.807) is 0 Å². The molecule has 7 heavy (non-hydrogen) atoms. The topological polar surface area (TPSA) is 92.2 Å². The molecule has 0 heterocycles. The molecule has 0 aliphatic heterocycles. The van der Waals surface area contributed by atoms with Crippen molar-refractivity contribution in [3.63, 3.8) is 0 Å². The van der Waals surface area contributed by atoms with Crippen molar-refractivity contribution in [3.8, 4) is 0 Å². The molecule has 0 atom stereocenters. The fourth-order valence-electron chi connectivity index (χ4n) is 0. The van der Waals surface area contributed by atoms with Crippen LogP contribution in [-0.2, 0) is 32.7 Å². The van der Waals surface area contributed by atoms with Gasteiger partial charge in [0.2, 0.25) is 0 Å². The molecule has 0 rings (SSSR count). The molecule has 0 spiro atoms. The third kappa shape index (κ3) is 58.6. The van der Waals surface area contributed by atoms with Crippen molar-refractivity contribution < 1.29 is 90.5 Å². The van der Waals surface area contributed by atoms with Crippen molar-refractivity contribution in [1.29, 1.82) is 0 Å². The summed E-state index contributed by atoms with van der Waals surface area (Å²) in [7, 11) is -5.61. The van der Waals surface area contributed by atoms with Crippen LogP contribution >= 0.6 is 0 Å². The molecule has 0 aliphatic carbocycles. The average molecular weight is 340 g/mol. The van der Waals surface area contributed by atoms with Gasteiger partial charge in [-0.25, -0.2) is 0 Å². The van der Waals surface area contributed by atoms with Gasteiger partial charge in [0.1, 0.15) is 0 Å². The fraction of sp³-hybridized carbons (Fsp3) is 0. The number of rotatable bonds is 0. The Hall–Kier alpha value is 2.45. The molecular weight excluding hydrogens is 340 g/mol. The first-order valence-electron chi connectivity index (χ1n) is 0.816. The van der Waals surface area contributed by atoms with Crippen molar-refractivity contribution in [1.82, 2.24) is 0 Å². The van der Waals surface area contributed by atoms with E-state index in [0.29, 0.717) is 0 Å². The molecule has 0 saturated carbocycles. The zero-order valence-corrected chi connectivity index (χ0v) is 9.02. The summed E-state index contributed by atoms with van der Waals surface area (Å²) in [6.45, 7) is 0. The molecule has 7 heteroatoms. The Morgan fingerprint density at radius 3 is 0.857 bits per heavy atom. The third-order valence-electron chi connectivity index (χ3n) is 0. The summed E-state index contributed by atoms with van der Waals surface area (Å²) in [6.07, 6.45) is 0. The van der Waals surface area contributed by atoms with Crippen molar-refractivity contribution in [3.05, 3.63) is 0 Å². The van der Waals surface area contributed by atoms with E-state index in [2.05, 4.69) is 0 Å². The Labute approximate surface area is 97.7 Å². The quantitative estimate of drug-likeness (QED) is 0.413. The standard InChI is InChI=1S/O4Si.Tb.Y/c1-5(2,3)4;;/q-4;2*+3. The maximum atomic E-state index is 8.58. The summed E-state index contributed by atoms with van der Waals surface area (Å²) < 4.78 is 0. The van der Waals surface area contributed by atoms with E-state index in [4.69, 9.17) is 19.2 Å². The Morgan fingerprint density at radius 2 is 0.857 bits per heavy atom. The van der Waals surface area contributed by atoms with Crippen LogP contribution in [0.15, 0.2) is 0 Å². The van der Waals surface area contributed by atoms with E-state index < -0.39 is 9.05 Å². The molecule has 0 unspecified atom stereocenters. The Bertz CT molecular complexity index is 27.2. The molecule has 0 fully saturated rings. The minimum atomic E-state index is -5.61. The van der Waals surface area contributed by atoms with Crippen LogP contribution in [0.5, 0.6) is 0 Å². The van der Waals surface area contributed by atoms with Crippen LogP contribution < -0.4 is 19.2 Å². The van der Waals surface area contributed by atoms with Gasteiger partial charge in [-0.15, -0.1) is 0 Å². The smallest absolute Gasteiger partial charge is 0.894 e. The zero-order chi connectivity index (χ0) is 4.50. The summed E-state index contributed by atoms with van der Waals surface area (Å²) in [5, 5.41) is 0. The van der Waals surface area contributed by atoms with E-state index in [0.717, 1.165) is 0 Å². The molecule has 0 aromatic rings. The van der Waals surface area contributed by atoms with Crippen LogP contribution in [0.2, 0.25) is 0 Å². The van der Waals surface area contributed by atoms with Crippen LogP contribution in [-0.4, -0.2) is 9.05 Å². The Balaban J connectivity index is -0.0000000800. The first-order valence-corrected chi connectivity index (χ1v) is 2.45. The van der Waals surface area contributed by atoms with Gasteiger partial charge in [0.25, 0.3) is 0 Å². The SMILES string of the molecule is [O-][Si]([O-])([O-])[O-].[Tb+3].[Y+3]. The van der Waals surface area contributed by atoms with Crippen molar-refractivity contribution >= 4 is 9.05 Å². The first kappa shape index (κ1) is 16.2. The van der Waals surface area contributed by atoms with E-state index in [1.807, 2.05) is 0 Å². The summed E-state index contributed by atoms with van der Waals surface area (Å²) >= 11 is 0. The molecule has 0 N–H and O–H groups in total. The molecule has 0 radical (unpaired) electrons. The van der Waals surface area contributed by atoms with Gasteiger partial charge in [0.15, 0.2) is 0 Å². The Kier molecular flexibility index (Phi) is 15.2. The summed E-state index contributed by atoms with van der Waals surface area (Å²) in [4.78, 5) is 34.3. The first-order chi connectivity index (χ1) is 2.00. The third-order valence-corrected chi connectivity index (χ3v) is 0. The van der Waals surface area contributed by atoms with Gasteiger partial charge in [-0.2, -0.15) is 0 Å². The van der Waals surface area contributed by atoms with Gasteiger partial charge in [-0.05, 0) is 0 Å². The maximum absolute atomic E-state index is 8.58. The molecule has 0 bridgehead atoms. The predicted octanol–water partition coefficient (Wildman–Crippen LogP) is -5.14. The van der Waals surface area contributed by atoms with Gasteiger partial charge < -0.3 is 28.2 Å². The molecule has 0 aliphatic rings. The van der Waals surface area contributed by atoms with Gasteiger partial charge >= 0.3 is 71.3 Å². The van der Waals surface area contributed by atoms with Gasteiger partial charge in [-0.3, -0.25) is 0 Å². The second-order valence-corrected chi connectivity index (χ2v) is 1.50. The van der Waals surface area contributed by atoms with E-state index in [1.165, 1.54) is 0 Å². The summed E-state index contributed by atoms with van der Waals surface area (Å²) in [5.41, 5.74) is 0. The monoisotopic (exact) mass is 340 g/mol. The molecule has 0 aromatic heterocycles. The minimum absolute atomic E-state index is 0. The molecule has 0 aromatic carbocycles. The van der Waals surface area contributed by atoms with Gasteiger partial charge in [-0.1, -0.05) is 0 Å². The number of hydrogen-bond donors (Lipinski definition) is 0. The van der Waals surface area contributed by atoms with Crippen LogP contribution in [0, 0.1) is 38.6 Å².